The maximum Gasteiger partial charge on any atom is 0.182 e. The first-order valence-electron chi connectivity index (χ1n) is 5.73. The van der Waals surface area contributed by atoms with E-state index in [0.29, 0.717) is 21.5 Å². The van der Waals surface area contributed by atoms with Crippen LogP contribution in [0.1, 0.15) is 5.56 Å². The largest absolute Gasteiger partial charge is 0.328 e. The van der Waals surface area contributed by atoms with Crippen LogP contribution in [-0.4, -0.2) is 9.55 Å². The molecule has 0 spiro atoms. The quantitative estimate of drug-likeness (QED) is 0.658. The van der Waals surface area contributed by atoms with E-state index in [0.717, 1.165) is 5.56 Å². The Kier molecular flexibility index (Phi) is 2.71. The molecule has 2 nitrogen and oxygen atoms in total. The van der Waals surface area contributed by atoms with Gasteiger partial charge in [-0.1, -0.05) is 12.1 Å². The van der Waals surface area contributed by atoms with Crippen LogP contribution in [0.15, 0.2) is 36.4 Å². The molecule has 1 aromatic heterocycles. The van der Waals surface area contributed by atoms with Gasteiger partial charge in [-0.15, -0.1) is 0 Å². The Balaban J connectivity index is 2.43. The van der Waals surface area contributed by atoms with Crippen molar-refractivity contribution < 1.29 is 8.78 Å². The summed E-state index contributed by atoms with van der Waals surface area (Å²) in [6.07, 6.45) is 0. The fourth-order valence-corrected chi connectivity index (χ4v) is 2.46. The number of H-pyrrole nitrogens is 1. The maximum atomic E-state index is 13.7. The van der Waals surface area contributed by atoms with Crippen LogP contribution >= 0.6 is 12.2 Å². The molecule has 5 heteroatoms. The Bertz CT molecular complexity index is 833. The van der Waals surface area contributed by atoms with E-state index in [1.807, 2.05) is 6.92 Å². The van der Waals surface area contributed by atoms with Crippen LogP contribution in [0.5, 0.6) is 0 Å². The molecule has 19 heavy (non-hydrogen) atoms. The summed E-state index contributed by atoms with van der Waals surface area (Å²) >= 11 is 5.22. The second kappa shape index (κ2) is 4.28. The molecular formula is C14H10F2N2S. The molecule has 1 heterocycles. The van der Waals surface area contributed by atoms with Crippen molar-refractivity contribution in [3.8, 4) is 5.69 Å². The molecule has 0 aliphatic rings. The molecule has 0 saturated carbocycles. The van der Waals surface area contributed by atoms with Crippen LogP contribution in [0.2, 0.25) is 0 Å². The lowest BCUT2D eigenvalue weighted by Crippen LogP contribution is -1.98. The molecule has 0 aliphatic carbocycles. The molecule has 0 fully saturated rings. The second-order valence-electron chi connectivity index (χ2n) is 4.33. The number of aromatic amines is 1. The summed E-state index contributed by atoms with van der Waals surface area (Å²) in [6.45, 7) is 1.86. The van der Waals surface area contributed by atoms with Gasteiger partial charge in [-0.25, -0.2) is 8.78 Å². The van der Waals surface area contributed by atoms with Crippen LogP contribution < -0.4 is 0 Å². The third-order valence-corrected chi connectivity index (χ3v) is 3.36. The van der Waals surface area contributed by atoms with Gasteiger partial charge in [0.1, 0.15) is 17.2 Å². The molecule has 0 unspecified atom stereocenters. The molecule has 0 radical (unpaired) electrons. The van der Waals surface area contributed by atoms with Gasteiger partial charge in [-0.2, -0.15) is 0 Å². The predicted octanol–water partition coefficient (Wildman–Crippen LogP) is 4.27. The van der Waals surface area contributed by atoms with Gasteiger partial charge in [-0.3, -0.25) is 4.57 Å². The van der Waals surface area contributed by atoms with Crippen molar-refractivity contribution in [2.24, 2.45) is 0 Å². The van der Waals surface area contributed by atoms with Crippen molar-refractivity contribution in [2.75, 3.05) is 0 Å². The number of fused-ring (bicyclic) bond motifs is 1. The maximum absolute atomic E-state index is 13.7. The highest BCUT2D eigenvalue weighted by atomic mass is 32.1. The van der Waals surface area contributed by atoms with E-state index in [1.54, 1.807) is 22.8 Å². The van der Waals surface area contributed by atoms with Crippen LogP contribution in [0.4, 0.5) is 8.78 Å². The fraction of sp³-hybridized carbons (Fsp3) is 0.0714. The van der Waals surface area contributed by atoms with Gasteiger partial charge in [0.25, 0.3) is 0 Å². The molecule has 1 N–H and O–H groups in total. The SMILES string of the molecule is Cc1ccc(F)cc1-n1c(=S)[nH]c2c(F)cccc21. The van der Waals surface area contributed by atoms with Crippen molar-refractivity contribution in [2.45, 2.75) is 6.92 Å². The molecule has 3 aromatic rings. The van der Waals surface area contributed by atoms with Gasteiger partial charge in [-0.05, 0) is 49.0 Å². The lowest BCUT2D eigenvalue weighted by Gasteiger charge is -2.08. The number of imidazole rings is 1. The summed E-state index contributed by atoms with van der Waals surface area (Å²) in [5.41, 5.74) is 2.40. The van der Waals surface area contributed by atoms with Crippen molar-refractivity contribution in [1.29, 1.82) is 0 Å². The Morgan fingerprint density at radius 3 is 2.74 bits per heavy atom. The fourth-order valence-electron chi connectivity index (χ4n) is 2.16. The Morgan fingerprint density at radius 2 is 1.95 bits per heavy atom. The van der Waals surface area contributed by atoms with Crippen molar-refractivity contribution >= 4 is 23.3 Å². The number of aryl methyl sites for hydroxylation is 1. The van der Waals surface area contributed by atoms with E-state index in [9.17, 15) is 8.78 Å². The Hall–Kier alpha value is -2.01. The zero-order valence-corrected chi connectivity index (χ0v) is 10.9. The number of nitrogens with one attached hydrogen (secondary N) is 1. The van der Waals surface area contributed by atoms with Gasteiger partial charge >= 0.3 is 0 Å². The minimum absolute atomic E-state index is 0.330. The van der Waals surface area contributed by atoms with E-state index in [1.165, 1.54) is 18.2 Å². The van der Waals surface area contributed by atoms with Crippen LogP contribution in [-0.2, 0) is 0 Å². The second-order valence-corrected chi connectivity index (χ2v) is 4.72. The van der Waals surface area contributed by atoms with Gasteiger partial charge in [0.15, 0.2) is 4.77 Å². The van der Waals surface area contributed by atoms with Crippen LogP contribution in [0, 0.1) is 23.3 Å². The average Bonchev–Trinajstić information content (AvgIpc) is 2.70. The number of benzene rings is 2. The summed E-state index contributed by atoms with van der Waals surface area (Å²) in [5.74, 6) is -0.732. The zero-order valence-electron chi connectivity index (χ0n) is 10.1. The minimum Gasteiger partial charge on any atom is -0.328 e. The number of hydrogen-bond acceptors (Lipinski definition) is 1. The molecule has 0 aliphatic heterocycles. The highest BCUT2D eigenvalue weighted by molar-refractivity contribution is 7.71. The van der Waals surface area contributed by atoms with E-state index in [2.05, 4.69) is 4.98 Å². The molecule has 3 rings (SSSR count). The molecule has 0 atom stereocenters. The smallest absolute Gasteiger partial charge is 0.182 e. The lowest BCUT2D eigenvalue weighted by molar-refractivity contribution is 0.626. The molecule has 0 amide bonds. The third-order valence-electron chi connectivity index (χ3n) is 3.08. The van der Waals surface area contributed by atoms with Gasteiger partial charge < -0.3 is 4.98 Å². The number of rotatable bonds is 1. The van der Waals surface area contributed by atoms with Crippen molar-refractivity contribution in [3.05, 3.63) is 58.4 Å². The first-order chi connectivity index (χ1) is 9.08. The normalized spacial score (nSPS) is 11.1. The number of halogens is 2. The number of para-hydroxylation sites is 1. The summed E-state index contributed by atoms with van der Waals surface area (Å²) in [7, 11) is 0. The van der Waals surface area contributed by atoms with Gasteiger partial charge in [0, 0.05) is 0 Å². The van der Waals surface area contributed by atoms with E-state index >= 15 is 0 Å². The lowest BCUT2D eigenvalue weighted by atomic mass is 10.2. The van der Waals surface area contributed by atoms with E-state index < -0.39 is 0 Å². The summed E-state index contributed by atoms with van der Waals surface area (Å²) in [6, 6.07) is 9.16. The predicted molar refractivity (Wildman–Crippen MR) is 73.1 cm³/mol. The minimum atomic E-state index is -0.378. The molecule has 0 bridgehead atoms. The first-order valence-corrected chi connectivity index (χ1v) is 6.14. The molecule has 2 aromatic carbocycles. The van der Waals surface area contributed by atoms with Crippen LogP contribution in [0.3, 0.4) is 0 Å². The average molecular weight is 276 g/mol. The topological polar surface area (TPSA) is 20.7 Å². The number of hydrogen-bond donors (Lipinski definition) is 1. The van der Waals surface area contributed by atoms with E-state index in [-0.39, 0.29) is 11.6 Å². The molecular weight excluding hydrogens is 266 g/mol. The Labute approximate surface area is 113 Å². The van der Waals surface area contributed by atoms with Crippen molar-refractivity contribution in [1.82, 2.24) is 9.55 Å². The highest BCUT2D eigenvalue weighted by Crippen LogP contribution is 2.24. The first kappa shape index (κ1) is 12.0. The molecule has 96 valence electrons. The highest BCUT2D eigenvalue weighted by Gasteiger charge is 2.11. The third kappa shape index (κ3) is 1.86. The summed E-state index contributed by atoms with van der Waals surface area (Å²) in [4.78, 5) is 2.82. The van der Waals surface area contributed by atoms with Gasteiger partial charge in [0.05, 0.1) is 11.2 Å². The van der Waals surface area contributed by atoms with Gasteiger partial charge in [0.2, 0.25) is 0 Å². The van der Waals surface area contributed by atoms with E-state index in [4.69, 9.17) is 12.2 Å². The summed E-state index contributed by atoms with van der Waals surface area (Å²) < 4.78 is 29.1. The van der Waals surface area contributed by atoms with Crippen molar-refractivity contribution in [3.63, 3.8) is 0 Å². The Morgan fingerprint density at radius 1 is 1.16 bits per heavy atom. The molecule has 0 saturated heterocycles. The standard InChI is InChI=1S/C14H10F2N2S/c1-8-5-6-9(15)7-12(8)18-11-4-2-3-10(16)13(11)17-14(18)19/h2-7H,1H3,(H,17,19). The van der Waals surface area contributed by atoms with Crippen LogP contribution in [0.25, 0.3) is 16.7 Å². The number of nitrogens with zero attached hydrogens (tertiary/aromatic N) is 1. The zero-order chi connectivity index (χ0) is 13.6. The monoisotopic (exact) mass is 276 g/mol. The number of aromatic nitrogens is 2. The summed E-state index contributed by atoms with van der Waals surface area (Å²) in [5, 5.41) is 0.